The lowest BCUT2D eigenvalue weighted by molar-refractivity contribution is 0.723. The molecule has 0 unspecified atom stereocenters. The van der Waals surface area contributed by atoms with E-state index in [0.717, 1.165) is 13.0 Å². The molecule has 2 aromatic heterocycles. The molecule has 0 atom stereocenters. The number of imidazole rings is 1. The summed E-state index contributed by atoms with van der Waals surface area (Å²) in [7, 11) is 0. The van der Waals surface area contributed by atoms with Crippen molar-refractivity contribution in [3.63, 3.8) is 0 Å². The second kappa shape index (κ2) is 4.77. The van der Waals surface area contributed by atoms with Gasteiger partial charge in [-0.25, -0.2) is 4.98 Å². The lowest BCUT2D eigenvalue weighted by Crippen LogP contribution is -1.99. The molecule has 0 bridgehead atoms. The highest BCUT2D eigenvalue weighted by atomic mass is 15.0. The second-order valence-corrected chi connectivity index (χ2v) is 5.40. The van der Waals surface area contributed by atoms with Crippen molar-refractivity contribution in [2.45, 2.75) is 19.9 Å². The van der Waals surface area contributed by atoms with E-state index in [-0.39, 0.29) is 0 Å². The molecule has 4 rings (SSSR count). The maximum Gasteiger partial charge on any atom is 0.0948 e. The fourth-order valence-corrected chi connectivity index (χ4v) is 3.00. The van der Waals surface area contributed by atoms with Crippen LogP contribution < -0.4 is 0 Å². The summed E-state index contributed by atoms with van der Waals surface area (Å²) in [6.45, 7) is 3.11. The molecule has 3 nitrogen and oxygen atoms in total. The summed E-state index contributed by atoms with van der Waals surface area (Å²) in [5.41, 5.74) is 4.97. The topological polar surface area (TPSA) is 33.6 Å². The molecule has 0 aliphatic rings. The minimum atomic E-state index is 0.916. The number of nitrogens with zero attached hydrogens (tertiary/aromatic N) is 2. The number of nitrogens with one attached hydrogen (secondary N) is 1. The zero-order valence-corrected chi connectivity index (χ0v) is 12.0. The van der Waals surface area contributed by atoms with Crippen molar-refractivity contribution in [3.8, 4) is 0 Å². The number of hydrogen-bond donors (Lipinski definition) is 1. The molecule has 0 saturated heterocycles. The number of hydrogen-bond acceptors (Lipinski definition) is 1. The highest BCUT2D eigenvalue weighted by Gasteiger charge is 2.06. The fraction of sp³-hybridized carbons (Fsp3) is 0.167. The average molecular weight is 275 g/mol. The lowest BCUT2D eigenvalue weighted by Gasteiger charge is -2.05. The number of aromatic nitrogens is 3. The molecular weight excluding hydrogens is 258 g/mol. The smallest absolute Gasteiger partial charge is 0.0948 e. The van der Waals surface area contributed by atoms with Crippen molar-refractivity contribution in [1.82, 2.24) is 14.5 Å². The number of para-hydroxylation sites is 1. The van der Waals surface area contributed by atoms with Gasteiger partial charge >= 0.3 is 0 Å². The summed E-state index contributed by atoms with van der Waals surface area (Å²) in [4.78, 5) is 7.75. The SMILES string of the molecule is CCn1cncc1Cc1ccc2c(c1)[nH]c1ccccc12. The first-order valence-electron chi connectivity index (χ1n) is 7.33. The minimum absolute atomic E-state index is 0.916. The molecule has 2 aromatic carbocycles. The van der Waals surface area contributed by atoms with Crippen molar-refractivity contribution in [2.24, 2.45) is 0 Å². The van der Waals surface area contributed by atoms with Gasteiger partial charge in [-0.3, -0.25) is 0 Å². The zero-order valence-electron chi connectivity index (χ0n) is 12.0. The van der Waals surface area contributed by atoms with Crippen molar-refractivity contribution in [3.05, 3.63) is 66.2 Å². The summed E-state index contributed by atoms with van der Waals surface area (Å²) in [5, 5.41) is 2.58. The largest absolute Gasteiger partial charge is 0.355 e. The molecule has 4 aromatic rings. The molecule has 21 heavy (non-hydrogen) atoms. The van der Waals surface area contributed by atoms with Gasteiger partial charge in [0, 0.05) is 46.7 Å². The van der Waals surface area contributed by atoms with E-state index in [1.54, 1.807) is 0 Å². The Labute approximate surface area is 123 Å². The number of aromatic amines is 1. The summed E-state index contributed by atoms with van der Waals surface area (Å²) in [5.74, 6) is 0. The van der Waals surface area contributed by atoms with Crippen molar-refractivity contribution in [2.75, 3.05) is 0 Å². The Balaban J connectivity index is 1.78. The third-order valence-electron chi connectivity index (χ3n) is 4.10. The molecule has 0 aliphatic heterocycles. The molecular formula is C18H17N3. The Hall–Kier alpha value is -2.55. The Morgan fingerprint density at radius 2 is 1.90 bits per heavy atom. The third-order valence-corrected chi connectivity index (χ3v) is 4.10. The molecule has 0 amide bonds. The van der Waals surface area contributed by atoms with Gasteiger partial charge in [0.15, 0.2) is 0 Å². The van der Waals surface area contributed by atoms with Gasteiger partial charge in [0.1, 0.15) is 0 Å². The quantitative estimate of drug-likeness (QED) is 0.599. The molecule has 0 aliphatic carbocycles. The Morgan fingerprint density at radius 1 is 1.05 bits per heavy atom. The number of H-pyrrole nitrogens is 1. The van der Waals surface area contributed by atoms with Crippen molar-refractivity contribution < 1.29 is 0 Å². The van der Waals surface area contributed by atoms with Crippen LogP contribution in [0.5, 0.6) is 0 Å². The van der Waals surface area contributed by atoms with Crippen LogP contribution in [0.3, 0.4) is 0 Å². The van der Waals surface area contributed by atoms with Gasteiger partial charge in [-0.15, -0.1) is 0 Å². The van der Waals surface area contributed by atoms with Crippen molar-refractivity contribution >= 4 is 21.8 Å². The van der Waals surface area contributed by atoms with Crippen LogP contribution in [0.25, 0.3) is 21.8 Å². The number of benzene rings is 2. The molecule has 104 valence electrons. The molecule has 0 fully saturated rings. The Kier molecular flexibility index (Phi) is 2.78. The fourth-order valence-electron chi connectivity index (χ4n) is 3.00. The van der Waals surface area contributed by atoms with E-state index in [0.29, 0.717) is 0 Å². The predicted octanol–water partition coefficient (Wildman–Crippen LogP) is 4.13. The van der Waals surface area contributed by atoms with E-state index >= 15 is 0 Å². The van der Waals surface area contributed by atoms with Crippen LogP contribution in [0.4, 0.5) is 0 Å². The van der Waals surface area contributed by atoms with Gasteiger partial charge in [0.2, 0.25) is 0 Å². The first-order valence-corrected chi connectivity index (χ1v) is 7.33. The molecule has 0 spiro atoms. The lowest BCUT2D eigenvalue weighted by atomic mass is 10.1. The van der Waals surface area contributed by atoms with E-state index in [2.05, 4.69) is 63.9 Å². The van der Waals surface area contributed by atoms with E-state index in [1.165, 1.54) is 33.1 Å². The summed E-state index contributed by atoms with van der Waals surface area (Å²) >= 11 is 0. The molecule has 0 radical (unpaired) electrons. The van der Waals surface area contributed by atoms with Crippen LogP contribution in [-0.2, 0) is 13.0 Å². The first-order chi connectivity index (χ1) is 10.3. The Bertz CT molecular complexity index is 914. The second-order valence-electron chi connectivity index (χ2n) is 5.40. The van der Waals surface area contributed by atoms with E-state index in [4.69, 9.17) is 0 Å². The summed E-state index contributed by atoms with van der Waals surface area (Å²) in [6, 6.07) is 15.1. The third kappa shape index (κ3) is 2.02. The van der Waals surface area contributed by atoms with Crippen LogP contribution in [0.1, 0.15) is 18.2 Å². The van der Waals surface area contributed by atoms with E-state index in [1.807, 2.05) is 12.5 Å². The number of aryl methyl sites for hydroxylation is 1. The maximum atomic E-state index is 4.24. The van der Waals surface area contributed by atoms with E-state index in [9.17, 15) is 0 Å². The van der Waals surface area contributed by atoms with Gasteiger partial charge in [0.25, 0.3) is 0 Å². The van der Waals surface area contributed by atoms with Gasteiger partial charge in [-0.1, -0.05) is 30.3 Å². The summed E-state index contributed by atoms with van der Waals surface area (Å²) < 4.78 is 2.19. The zero-order chi connectivity index (χ0) is 14.2. The normalized spacial score (nSPS) is 11.5. The van der Waals surface area contributed by atoms with Gasteiger partial charge in [-0.05, 0) is 24.6 Å². The van der Waals surface area contributed by atoms with Crippen LogP contribution in [-0.4, -0.2) is 14.5 Å². The number of fused-ring (bicyclic) bond motifs is 3. The summed E-state index contributed by atoms with van der Waals surface area (Å²) in [6.07, 6.45) is 4.77. The monoisotopic (exact) mass is 275 g/mol. The van der Waals surface area contributed by atoms with E-state index < -0.39 is 0 Å². The molecule has 3 heteroatoms. The minimum Gasteiger partial charge on any atom is -0.355 e. The average Bonchev–Trinajstić information content (AvgIpc) is 3.10. The first kappa shape index (κ1) is 12.2. The number of rotatable bonds is 3. The highest BCUT2D eigenvalue weighted by Crippen LogP contribution is 2.26. The van der Waals surface area contributed by atoms with Gasteiger partial charge < -0.3 is 9.55 Å². The molecule has 1 N–H and O–H groups in total. The highest BCUT2D eigenvalue weighted by molar-refractivity contribution is 6.07. The van der Waals surface area contributed by atoms with Crippen LogP contribution in [0.2, 0.25) is 0 Å². The van der Waals surface area contributed by atoms with Crippen molar-refractivity contribution in [1.29, 1.82) is 0 Å². The maximum absolute atomic E-state index is 4.24. The predicted molar refractivity (Wildman–Crippen MR) is 86.5 cm³/mol. The standard InChI is InChI=1S/C18H17N3/c1-2-21-12-19-11-14(21)9-13-7-8-16-15-5-3-4-6-17(15)20-18(16)10-13/h3-8,10-12,20H,2,9H2,1H3. The molecule has 2 heterocycles. The molecule has 0 saturated carbocycles. The van der Waals surface area contributed by atoms with Crippen LogP contribution >= 0.6 is 0 Å². The van der Waals surface area contributed by atoms with Gasteiger partial charge in [0.05, 0.1) is 6.33 Å². The van der Waals surface area contributed by atoms with Gasteiger partial charge in [-0.2, -0.15) is 0 Å². The van der Waals surface area contributed by atoms with Crippen LogP contribution in [0, 0.1) is 0 Å². The Morgan fingerprint density at radius 3 is 2.81 bits per heavy atom. The van der Waals surface area contributed by atoms with Crippen LogP contribution in [0.15, 0.2) is 55.0 Å².